The number of methoxy groups -OCH3 is 1. The van der Waals surface area contributed by atoms with Gasteiger partial charge in [0.1, 0.15) is 0 Å². The molecule has 1 N–H and O–H groups in total. The smallest absolute Gasteiger partial charge is 0.267 e. The van der Waals surface area contributed by atoms with Crippen molar-refractivity contribution in [1.82, 2.24) is 10.2 Å². The number of amides is 1. The molecule has 0 aromatic heterocycles. The van der Waals surface area contributed by atoms with Gasteiger partial charge in [0.25, 0.3) is 5.92 Å². The summed E-state index contributed by atoms with van der Waals surface area (Å²) in [5.74, 6) is -2.99. The molecule has 4 nitrogen and oxygen atoms in total. The van der Waals surface area contributed by atoms with Crippen LogP contribution in [0.5, 0.6) is 0 Å². The van der Waals surface area contributed by atoms with E-state index < -0.39 is 18.5 Å². The maximum absolute atomic E-state index is 13.3. The number of carbonyl (C=O) groups is 1. The first kappa shape index (κ1) is 12.7. The molecule has 1 amide bonds. The average Bonchev–Trinajstić information content (AvgIpc) is 2.85. The summed E-state index contributed by atoms with van der Waals surface area (Å²) in [6.07, 6.45) is 1.37. The third-order valence-electron chi connectivity index (χ3n) is 3.38. The van der Waals surface area contributed by atoms with Crippen LogP contribution in [0, 0.1) is 0 Å². The highest BCUT2D eigenvalue weighted by Crippen LogP contribution is 2.33. The minimum Gasteiger partial charge on any atom is -0.383 e. The average molecular weight is 248 g/mol. The van der Waals surface area contributed by atoms with E-state index in [-0.39, 0.29) is 25.0 Å². The van der Waals surface area contributed by atoms with Crippen LogP contribution >= 0.6 is 0 Å². The maximum atomic E-state index is 13.3. The van der Waals surface area contributed by atoms with Gasteiger partial charge in [0.05, 0.1) is 25.2 Å². The van der Waals surface area contributed by atoms with Crippen molar-refractivity contribution >= 4 is 5.91 Å². The first-order valence-electron chi connectivity index (χ1n) is 5.94. The van der Waals surface area contributed by atoms with Crippen LogP contribution < -0.4 is 5.32 Å². The van der Waals surface area contributed by atoms with Crippen molar-refractivity contribution in [3.63, 3.8) is 0 Å². The van der Waals surface area contributed by atoms with Crippen LogP contribution in [0.1, 0.15) is 19.3 Å². The Morgan fingerprint density at radius 2 is 2.35 bits per heavy atom. The molecule has 2 atom stereocenters. The molecule has 98 valence electrons. The van der Waals surface area contributed by atoms with Gasteiger partial charge in [0.15, 0.2) is 0 Å². The summed E-state index contributed by atoms with van der Waals surface area (Å²) in [4.78, 5) is 13.4. The Labute approximate surface area is 99.3 Å². The van der Waals surface area contributed by atoms with Crippen molar-refractivity contribution in [1.29, 1.82) is 0 Å². The van der Waals surface area contributed by atoms with Crippen molar-refractivity contribution in [2.24, 2.45) is 0 Å². The second-order valence-electron chi connectivity index (χ2n) is 4.78. The molecular weight excluding hydrogens is 230 g/mol. The Kier molecular flexibility index (Phi) is 3.63. The van der Waals surface area contributed by atoms with Crippen LogP contribution in [-0.4, -0.2) is 55.6 Å². The number of likely N-dealkylation sites (tertiary alicyclic amines) is 1. The lowest BCUT2D eigenvalue weighted by Gasteiger charge is -2.26. The standard InChI is InChI=1S/C11H18F2N2O2/c1-17-6-8-5-11(12,13)7-15(8)10(16)9-3-2-4-14-9/h8-9,14H,2-7H2,1H3/t8-,9-/m0/s1. The summed E-state index contributed by atoms with van der Waals surface area (Å²) in [5, 5.41) is 3.05. The highest BCUT2D eigenvalue weighted by Gasteiger charge is 2.48. The van der Waals surface area contributed by atoms with Gasteiger partial charge in [-0.25, -0.2) is 8.78 Å². The molecule has 0 aliphatic carbocycles. The first-order valence-corrected chi connectivity index (χ1v) is 5.94. The maximum Gasteiger partial charge on any atom is 0.267 e. The van der Waals surface area contributed by atoms with E-state index in [1.807, 2.05) is 0 Å². The topological polar surface area (TPSA) is 41.6 Å². The molecule has 2 rings (SSSR count). The van der Waals surface area contributed by atoms with E-state index >= 15 is 0 Å². The normalized spacial score (nSPS) is 32.1. The number of carbonyl (C=O) groups excluding carboxylic acids is 1. The van der Waals surface area contributed by atoms with Gasteiger partial charge in [-0.05, 0) is 19.4 Å². The summed E-state index contributed by atoms with van der Waals surface area (Å²) in [5.41, 5.74) is 0. The fourth-order valence-electron chi connectivity index (χ4n) is 2.59. The highest BCUT2D eigenvalue weighted by molar-refractivity contribution is 5.83. The van der Waals surface area contributed by atoms with Gasteiger partial charge in [-0.3, -0.25) is 4.79 Å². The van der Waals surface area contributed by atoms with Gasteiger partial charge in [-0.1, -0.05) is 0 Å². The van der Waals surface area contributed by atoms with Gasteiger partial charge < -0.3 is 15.0 Å². The number of halogens is 2. The quantitative estimate of drug-likeness (QED) is 0.796. The SMILES string of the molecule is COC[C@@H]1CC(F)(F)CN1C(=O)[C@@H]1CCCN1. The second-order valence-corrected chi connectivity index (χ2v) is 4.78. The molecular formula is C11H18F2N2O2. The zero-order chi connectivity index (χ0) is 12.5. The zero-order valence-electron chi connectivity index (χ0n) is 9.92. The third-order valence-corrected chi connectivity index (χ3v) is 3.38. The number of rotatable bonds is 3. The van der Waals surface area contributed by atoms with Gasteiger partial charge in [0, 0.05) is 13.5 Å². The molecule has 2 aliphatic heterocycles. The predicted molar refractivity (Wildman–Crippen MR) is 58.0 cm³/mol. The number of nitrogens with one attached hydrogen (secondary N) is 1. The van der Waals surface area contributed by atoms with E-state index in [9.17, 15) is 13.6 Å². The monoisotopic (exact) mass is 248 g/mol. The molecule has 6 heteroatoms. The molecule has 2 fully saturated rings. The van der Waals surface area contributed by atoms with Gasteiger partial charge in [-0.15, -0.1) is 0 Å². The zero-order valence-corrected chi connectivity index (χ0v) is 9.92. The van der Waals surface area contributed by atoms with E-state index in [2.05, 4.69) is 5.32 Å². The van der Waals surface area contributed by atoms with E-state index in [0.29, 0.717) is 0 Å². The van der Waals surface area contributed by atoms with Crippen LogP contribution in [0.4, 0.5) is 8.78 Å². The Morgan fingerprint density at radius 1 is 1.59 bits per heavy atom. The molecule has 2 aliphatic rings. The van der Waals surface area contributed by atoms with E-state index in [0.717, 1.165) is 19.4 Å². The molecule has 0 aromatic rings. The lowest BCUT2D eigenvalue weighted by Crippen LogP contribution is -2.47. The van der Waals surface area contributed by atoms with E-state index in [1.165, 1.54) is 12.0 Å². The molecule has 0 bridgehead atoms. The van der Waals surface area contributed by atoms with Crippen molar-refractivity contribution in [3.05, 3.63) is 0 Å². The lowest BCUT2D eigenvalue weighted by molar-refractivity contribution is -0.135. The number of ether oxygens (including phenoxy) is 1. The van der Waals surface area contributed by atoms with Crippen LogP contribution in [0.3, 0.4) is 0 Å². The van der Waals surface area contributed by atoms with E-state index in [1.54, 1.807) is 0 Å². The van der Waals surface area contributed by atoms with Gasteiger partial charge in [0.2, 0.25) is 5.91 Å². The molecule has 0 aromatic carbocycles. The fourth-order valence-corrected chi connectivity index (χ4v) is 2.59. The van der Waals surface area contributed by atoms with Crippen molar-refractivity contribution in [3.8, 4) is 0 Å². The Hall–Kier alpha value is -0.750. The van der Waals surface area contributed by atoms with Gasteiger partial charge >= 0.3 is 0 Å². The van der Waals surface area contributed by atoms with Crippen molar-refractivity contribution in [2.45, 2.75) is 37.3 Å². The van der Waals surface area contributed by atoms with Crippen molar-refractivity contribution in [2.75, 3.05) is 26.8 Å². The minimum absolute atomic E-state index is 0.175. The molecule has 0 saturated carbocycles. The molecule has 2 heterocycles. The number of hydrogen-bond acceptors (Lipinski definition) is 3. The van der Waals surface area contributed by atoms with Crippen molar-refractivity contribution < 1.29 is 18.3 Å². The Bertz CT molecular complexity index is 293. The predicted octanol–water partition coefficient (Wildman–Crippen LogP) is 0.621. The molecule has 17 heavy (non-hydrogen) atoms. The van der Waals surface area contributed by atoms with Crippen LogP contribution in [0.15, 0.2) is 0 Å². The van der Waals surface area contributed by atoms with Crippen LogP contribution in [0.25, 0.3) is 0 Å². The summed E-state index contributed by atoms with van der Waals surface area (Å²) in [6.45, 7) is 0.488. The Morgan fingerprint density at radius 3 is 2.94 bits per heavy atom. The summed E-state index contributed by atoms with van der Waals surface area (Å²) in [7, 11) is 1.47. The number of alkyl halides is 2. The molecule has 0 radical (unpaired) electrons. The first-order chi connectivity index (χ1) is 8.03. The number of nitrogens with zero attached hydrogens (tertiary/aromatic N) is 1. The summed E-state index contributed by atoms with van der Waals surface area (Å²) in [6, 6.07) is -0.784. The van der Waals surface area contributed by atoms with E-state index in [4.69, 9.17) is 4.74 Å². The summed E-state index contributed by atoms with van der Waals surface area (Å²) >= 11 is 0. The summed E-state index contributed by atoms with van der Waals surface area (Å²) < 4.78 is 31.6. The minimum atomic E-state index is -2.78. The lowest BCUT2D eigenvalue weighted by atomic mass is 10.1. The largest absolute Gasteiger partial charge is 0.383 e. The molecule has 0 spiro atoms. The molecule has 0 unspecified atom stereocenters. The van der Waals surface area contributed by atoms with Crippen LogP contribution in [-0.2, 0) is 9.53 Å². The van der Waals surface area contributed by atoms with Gasteiger partial charge in [-0.2, -0.15) is 0 Å². The fraction of sp³-hybridized carbons (Fsp3) is 0.909. The third kappa shape index (κ3) is 2.74. The second kappa shape index (κ2) is 4.86. The Balaban J connectivity index is 2.03. The van der Waals surface area contributed by atoms with Crippen LogP contribution in [0.2, 0.25) is 0 Å². The number of hydrogen-bond donors (Lipinski definition) is 1. The highest BCUT2D eigenvalue weighted by atomic mass is 19.3. The molecule has 2 saturated heterocycles.